The van der Waals surface area contributed by atoms with Crippen LogP contribution in [0.1, 0.15) is 23.2 Å². The first-order valence-corrected chi connectivity index (χ1v) is 9.16. The number of carbonyl (C=O) groups is 1. The normalized spacial score (nSPS) is 14.3. The average molecular weight is 380 g/mol. The van der Waals surface area contributed by atoms with Crippen molar-refractivity contribution >= 4 is 11.7 Å². The van der Waals surface area contributed by atoms with Crippen LogP contribution in [0.25, 0.3) is 11.4 Å². The van der Waals surface area contributed by atoms with E-state index in [1.165, 1.54) is 6.20 Å². The van der Waals surface area contributed by atoms with Crippen molar-refractivity contribution in [1.82, 2.24) is 25.0 Å². The molecule has 0 saturated carbocycles. The third-order valence-electron chi connectivity index (χ3n) is 4.72. The first-order chi connectivity index (χ1) is 13.7. The number of pyridine rings is 2. The number of H-pyrrole nitrogens is 1. The average Bonchev–Trinajstić information content (AvgIpc) is 3.23. The molecule has 144 valence electrons. The Kier molecular flexibility index (Phi) is 4.88. The Morgan fingerprint density at radius 2 is 2.04 bits per heavy atom. The molecule has 9 heteroatoms. The van der Waals surface area contributed by atoms with Crippen molar-refractivity contribution in [3.8, 4) is 11.4 Å². The van der Waals surface area contributed by atoms with E-state index in [0.717, 1.165) is 11.4 Å². The molecule has 0 aliphatic carbocycles. The topological polar surface area (TPSA) is 108 Å². The highest BCUT2D eigenvalue weighted by Crippen LogP contribution is 2.20. The Bertz CT molecular complexity index is 1020. The van der Waals surface area contributed by atoms with Gasteiger partial charge in [-0.05, 0) is 24.3 Å². The van der Waals surface area contributed by atoms with Gasteiger partial charge in [0, 0.05) is 50.6 Å². The van der Waals surface area contributed by atoms with E-state index in [0.29, 0.717) is 44.3 Å². The highest BCUT2D eigenvalue weighted by Gasteiger charge is 2.24. The largest absolute Gasteiger partial charge is 0.353 e. The van der Waals surface area contributed by atoms with Gasteiger partial charge in [-0.1, -0.05) is 12.1 Å². The first-order valence-electron chi connectivity index (χ1n) is 9.16. The Hall–Kier alpha value is -3.49. The van der Waals surface area contributed by atoms with E-state index >= 15 is 0 Å². The van der Waals surface area contributed by atoms with Crippen molar-refractivity contribution < 1.29 is 9.32 Å². The Balaban J connectivity index is 1.40. The zero-order chi connectivity index (χ0) is 19.5. The van der Waals surface area contributed by atoms with Crippen LogP contribution in [0.5, 0.6) is 0 Å². The van der Waals surface area contributed by atoms with Gasteiger partial charge in [0.05, 0.1) is 0 Å². The fourth-order valence-corrected chi connectivity index (χ4v) is 3.12. The second kappa shape index (κ2) is 7.63. The van der Waals surface area contributed by atoms with Crippen LogP contribution in [-0.2, 0) is 6.42 Å². The third-order valence-corrected chi connectivity index (χ3v) is 4.72. The lowest BCUT2D eigenvalue weighted by atomic mass is 10.2. The van der Waals surface area contributed by atoms with Gasteiger partial charge in [-0.15, -0.1) is 0 Å². The highest BCUT2D eigenvalue weighted by atomic mass is 16.5. The second-order valence-corrected chi connectivity index (χ2v) is 6.46. The molecule has 1 aliphatic rings. The number of nitrogens with zero attached hydrogens (tertiary/aromatic N) is 5. The number of aromatic amines is 1. The number of anilines is 1. The molecule has 0 radical (unpaired) electrons. The summed E-state index contributed by atoms with van der Waals surface area (Å²) in [6.45, 7) is 4.30. The van der Waals surface area contributed by atoms with Crippen LogP contribution in [0.2, 0.25) is 0 Å². The van der Waals surface area contributed by atoms with Gasteiger partial charge in [-0.3, -0.25) is 9.59 Å². The fraction of sp³-hybridized carbons (Fsp3) is 0.316. The molecule has 1 N–H and O–H groups in total. The molecule has 3 aromatic heterocycles. The van der Waals surface area contributed by atoms with E-state index in [9.17, 15) is 9.59 Å². The molecule has 0 unspecified atom stereocenters. The summed E-state index contributed by atoms with van der Waals surface area (Å²) in [5.74, 6) is 1.71. The van der Waals surface area contributed by atoms with E-state index < -0.39 is 0 Å². The highest BCUT2D eigenvalue weighted by molar-refractivity contribution is 5.94. The molecule has 1 amide bonds. The van der Waals surface area contributed by atoms with Gasteiger partial charge in [0.15, 0.2) is 0 Å². The van der Waals surface area contributed by atoms with E-state index in [2.05, 4.69) is 25.0 Å². The number of aromatic nitrogens is 4. The summed E-state index contributed by atoms with van der Waals surface area (Å²) < 4.78 is 5.13. The van der Waals surface area contributed by atoms with E-state index in [1.54, 1.807) is 23.2 Å². The standard InChI is InChI=1S/C19H20N6O3/c1-2-16-22-17(23-28-16)13-5-6-15(21-12-13)24-8-10-25(11-9-24)19(27)14-4-3-7-20-18(14)26/h3-7,12H,2,8-11H2,1H3,(H,20,26). The minimum Gasteiger partial charge on any atom is -0.353 e. The van der Waals surface area contributed by atoms with Crippen molar-refractivity contribution in [1.29, 1.82) is 0 Å². The van der Waals surface area contributed by atoms with Crippen LogP contribution in [0.15, 0.2) is 46.0 Å². The number of hydrogen-bond donors (Lipinski definition) is 1. The zero-order valence-corrected chi connectivity index (χ0v) is 15.5. The summed E-state index contributed by atoms with van der Waals surface area (Å²) in [7, 11) is 0. The summed E-state index contributed by atoms with van der Waals surface area (Å²) in [4.78, 5) is 39.5. The van der Waals surface area contributed by atoms with Gasteiger partial charge in [0.25, 0.3) is 11.5 Å². The summed E-state index contributed by atoms with van der Waals surface area (Å²) in [5.41, 5.74) is 0.606. The van der Waals surface area contributed by atoms with Crippen LogP contribution >= 0.6 is 0 Å². The molecule has 9 nitrogen and oxygen atoms in total. The maximum atomic E-state index is 12.5. The predicted molar refractivity (Wildman–Crippen MR) is 102 cm³/mol. The van der Waals surface area contributed by atoms with Crippen molar-refractivity contribution in [2.75, 3.05) is 31.1 Å². The lowest BCUT2D eigenvalue weighted by Crippen LogP contribution is -2.49. The SMILES string of the molecule is CCc1nc(-c2ccc(N3CCN(C(=O)c4ccc[nH]c4=O)CC3)nc2)no1. The van der Waals surface area contributed by atoms with Crippen molar-refractivity contribution in [2.45, 2.75) is 13.3 Å². The van der Waals surface area contributed by atoms with Crippen molar-refractivity contribution in [2.24, 2.45) is 0 Å². The van der Waals surface area contributed by atoms with Crippen molar-refractivity contribution in [3.63, 3.8) is 0 Å². The number of piperazine rings is 1. The summed E-state index contributed by atoms with van der Waals surface area (Å²) in [5, 5.41) is 3.95. The monoisotopic (exact) mass is 380 g/mol. The molecule has 0 spiro atoms. The van der Waals surface area contributed by atoms with Crippen LogP contribution in [-0.4, -0.2) is 57.1 Å². The maximum Gasteiger partial charge on any atom is 0.260 e. The molecule has 0 atom stereocenters. The Morgan fingerprint density at radius 3 is 2.68 bits per heavy atom. The van der Waals surface area contributed by atoms with Crippen LogP contribution in [0.3, 0.4) is 0 Å². The molecule has 0 bridgehead atoms. The van der Waals surface area contributed by atoms with E-state index in [-0.39, 0.29) is 17.0 Å². The number of nitrogens with one attached hydrogen (secondary N) is 1. The van der Waals surface area contributed by atoms with Gasteiger partial charge in [0.2, 0.25) is 11.7 Å². The summed E-state index contributed by atoms with van der Waals surface area (Å²) >= 11 is 0. The molecule has 1 fully saturated rings. The van der Waals surface area contributed by atoms with E-state index in [4.69, 9.17) is 4.52 Å². The Labute approximate surface area is 161 Å². The number of aryl methyl sites for hydroxylation is 1. The molecule has 1 saturated heterocycles. The first kappa shape index (κ1) is 17.9. The van der Waals surface area contributed by atoms with Crippen LogP contribution < -0.4 is 10.5 Å². The molecule has 1 aliphatic heterocycles. The minimum absolute atomic E-state index is 0.171. The van der Waals surface area contributed by atoms with Gasteiger partial charge in [-0.25, -0.2) is 4.98 Å². The number of amides is 1. The lowest BCUT2D eigenvalue weighted by molar-refractivity contribution is 0.0744. The summed E-state index contributed by atoms with van der Waals surface area (Å²) in [6, 6.07) is 7.03. The number of rotatable bonds is 4. The maximum absolute atomic E-state index is 12.5. The molecular formula is C19H20N6O3. The molecular weight excluding hydrogens is 360 g/mol. The van der Waals surface area contributed by atoms with Gasteiger partial charge < -0.3 is 19.3 Å². The number of carbonyl (C=O) groups excluding carboxylic acids is 1. The predicted octanol–water partition coefficient (Wildman–Crippen LogP) is 1.34. The quantitative estimate of drug-likeness (QED) is 0.728. The molecule has 3 aromatic rings. The lowest BCUT2D eigenvalue weighted by Gasteiger charge is -2.35. The number of hydrogen-bond acceptors (Lipinski definition) is 7. The zero-order valence-electron chi connectivity index (χ0n) is 15.5. The van der Waals surface area contributed by atoms with E-state index in [1.807, 2.05) is 19.1 Å². The molecule has 0 aromatic carbocycles. The summed E-state index contributed by atoms with van der Waals surface area (Å²) in [6.07, 6.45) is 3.93. The molecule has 4 heterocycles. The molecule has 28 heavy (non-hydrogen) atoms. The molecule has 4 rings (SSSR count). The Morgan fingerprint density at radius 1 is 1.21 bits per heavy atom. The van der Waals surface area contributed by atoms with Gasteiger partial charge in [0.1, 0.15) is 11.4 Å². The minimum atomic E-state index is -0.361. The second-order valence-electron chi connectivity index (χ2n) is 6.46. The van der Waals surface area contributed by atoms with Gasteiger partial charge >= 0.3 is 0 Å². The smallest absolute Gasteiger partial charge is 0.260 e. The van der Waals surface area contributed by atoms with Crippen LogP contribution in [0, 0.1) is 0 Å². The van der Waals surface area contributed by atoms with Crippen molar-refractivity contribution in [3.05, 3.63) is 58.5 Å². The third kappa shape index (κ3) is 3.51. The van der Waals surface area contributed by atoms with Gasteiger partial charge in [-0.2, -0.15) is 4.98 Å². The van der Waals surface area contributed by atoms with Crippen LogP contribution in [0.4, 0.5) is 5.82 Å². The fourth-order valence-electron chi connectivity index (χ4n) is 3.12.